The maximum absolute atomic E-state index is 12.7. The minimum absolute atomic E-state index is 0.0197. The fraction of sp³-hybridized carbons (Fsp3) is 0.615. The second-order valence-corrected chi connectivity index (χ2v) is 9.59. The molecule has 0 unspecified atom stereocenters. The summed E-state index contributed by atoms with van der Waals surface area (Å²) in [5, 5.41) is 3.76. The molecular weight excluding hydrogens is 406 g/mol. The van der Waals surface area contributed by atoms with Crippen molar-refractivity contribution >= 4 is 16.9 Å². The van der Waals surface area contributed by atoms with E-state index in [4.69, 9.17) is 13.9 Å². The van der Waals surface area contributed by atoms with Crippen molar-refractivity contribution in [3.8, 4) is 5.75 Å². The summed E-state index contributed by atoms with van der Waals surface area (Å²) in [6, 6.07) is 3.97. The number of aryl methyl sites for hydroxylation is 2. The lowest BCUT2D eigenvalue weighted by atomic mass is 9.79. The lowest BCUT2D eigenvalue weighted by molar-refractivity contribution is -0.120. The van der Waals surface area contributed by atoms with Gasteiger partial charge in [0, 0.05) is 24.6 Å². The molecular formula is C26H35NO5. The van der Waals surface area contributed by atoms with Gasteiger partial charge in [-0.3, -0.25) is 4.79 Å². The predicted molar refractivity (Wildman–Crippen MR) is 124 cm³/mol. The lowest BCUT2D eigenvalue weighted by Crippen LogP contribution is -2.41. The fourth-order valence-corrected chi connectivity index (χ4v) is 4.99. The van der Waals surface area contributed by atoms with E-state index >= 15 is 0 Å². The molecule has 1 saturated carbocycles. The van der Waals surface area contributed by atoms with Crippen LogP contribution in [0.2, 0.25) is 0 Å². The summed E-state index contributed by atoms with van der Waals surface area (Å²) in [4.78, 5) is 25.1. The number of hydrogen-bond donors (Lipinski definition) is 1. The molecule has 6 nitrogen and oxygen atoms in total. The van der Waals surface area contributed by atoms with Gasteiger partial charge in [-0.25, -0.2) is 4.79 Å². The van der Waals surface area contributed by atoms with Crippen LogP contribution >= 0.6 is 0 Å². The molecule has 1 fully saturated rings. The van der Waals surface area contributed by atoms with Crippen molar-refractivity contribution in [1.82, 2.24) is 5.32 Å². The Morgan fingerprint density at radius 2 is 1.97 bits per heavy atom. The van der Waals surface area contributed by atoms with Crippen molar-refractivity contribution < 1.29 is 18.7 Å². The maximum Gasteiger partial charge on any atom is 0.340 e. The van der Waals surface area contributed by atoms with E-state index in [-0.39, 0.29) is 24.0 Å². The molecule has 0 bridgehead atoms. The van der Waals surface area contributed by atoms with E-state index in [1.807, 2.05) is 26.8 Å². The molecule has 6 heteroatoms. The predicted octanol–water partition coefficient (Wildman–Crippen LogP) is 4.60. The Balaban J connectivity index is 1.49. The van der Waals surface area contributed by atoms with E-state index in [0.29, 0.717) is 24.3 Å². The number of nitrogens with one attached hydrogen (secondary N) is 1. The summed E-state index contributed by atoms with van der Waals surface area (Å²) in [5.74, 6) is 0.673. The minimum Gasteiger partial charge on any atom is -0.487 e. The summed E-state index contributed by atoms with van der Waals surface area (Å²) >= 11 is 0. The monoisotopic (exact) mass is 441 g/mol. The highest BCUT2D eigenvalue weighted by atomic mass is 16.5. The normalized spacial score (nSPS) is 17.4. The molecule has 32 heavy (non-hydrogen) atoms. The third-order valence-electron chi connectivity index (χ3n) is 6.84. The second kappa shape index (κ2) is 9.65. The second-order valence-electron chi connectivity index (χ2n) is 9.59. The van der Waals surface area contributed by atoms with Gasteiger partial charge in [-0.05, 0) is 82.9 Å². The molecule has 2 aromatic rings. The van der Waals surface area contributed by atoms with Crippen molar-refractivity contribution in [2.45, 2.75) is 90.3 Å². The molecule has 1 aromatic carbocycles. The van der Waals surface area contributed by atoms with Crippen LogP contribution < -0.4 is 15.7 Å². The Morgan fingerprint density at radius 3 is 2.72 bits per heavy atom. The molecule has 2 aliphatic rings. The Labute approximate surface area is 189 Å². The number of amides is 1. The zero-order chi connectivity index (χ0) is 22.7. The summed E-state index contributed by atoms with van der Waals surface area (Å²) in [5.41, 5.74) is 2.44. The van der Waals surface area contributed by atoms with Crippen molar-refractivity contribution in [3.05, 3.63) is 39.2 Å². The van der Waals surface area contributed by atoms with Crippen molar-refractivity contribution in [2.24, 2.45) is 0 Å². The Hall–Kier alpha value is -2.34. The number of carbonyl (C=O) groups is 1. The van der Waals surface area contributed by atoms with Gasteiger partial charge < -0.3 is 19.2 Å². The molecule has 4 rings (SSSR count). The first-order valence-corrected chi connectivity index (χ1v) is 12.0. The van der Waals surface area contributed by atoms with Crippen LogP contribution in [0.15, 0.2) is 21.3 Å². The zero-order valence-electron chi connectivity index (χ0n) is 19.6. The van der Waals surface area contributed by atoms with Crippen LogP contribution in [0.4, 0.5) is 0 Å². The van der Waals surface area contributed by atoms with Crippen molar-refractivity contribution in [1.29, 1.82) is 0 Å². The van der Waals surface area contributed by atoms with Crippen LogP contribution in [-0.2, 0) is 22.4 Å². The van der Waals surface area contributed by atoms with Gasteiger partial charge in [0.25, 0.3) is 0 Å². The SMILES string of the molecule is Cc1c(CC(=O)NCCCOC(C)C)c(=O)oc2cc3c(cc12)CCC1(CCCCC1)O3. The summed E-state index contributed by atoms with van der Waals surface area (Å²) < 4.78 is 17.6. The molecule has 1 spiro atoms. The minimum atomic E-state index is -0.448. The Morgan fingerprint density at radius 1 is 1.19 bits per heavy atom. The van der Waals surface area contributed by atoms with Gasteiger partial charge in [0.2, 0.25) is 5.91 Å². The number of hydrogen-bond acceptors (Lipinski definition) is 5. The number of benzene rings is 1. The Bertz CT molecular complexity index is 1030. The summed E-state index contributed by atoms with van der Waals surface area (Å²) in [6.07, 6.45) is 8.87. The third-order valence-corrected chi connectivity index (χ3v) is 6.84. The van der Waals surface area contributed by atoms with Gasteiger partial charge in [0.15, 0.2) is 0 Å². The van der Waals surface area contributed by atoms with Gasteiger partial charge >= 0.3 is 5.63 Å². The average molecular weight is 442 g/mol. The highest BCUT2D eigenvalue weighted by Gasteiger charge is 2.37. The molecule has 1 amide bonds. The molecule has 2 heterocycles. The quantitative estimate of drug-likeness (QED) is 0.502. The van der Waals surface area contributed by atoms with E-state index in [1.165, 1.54) is 19.3 Å². The first-order valence-electron chi connectivity index (χ1n) is 12.0. The maximum atomic E-state index is 12.7. The molecule has 1 aliphatic carbocycles. The van der Waals surface area contributed by atoms with Gasteiger partial charge in [-0.1, -0.05) is 6.42 Å². The topological polar surface area (TPSA) is 77.8 Å². The van der Waals surface area contributed by atoms with Crippen LogP contribution in [0, 0.1) is 6.92 Å². The van der Waals surface area contributed by atoms with Crippen LogP contribution in [0.25, 0.3) is 11.0 Å². The van der Waals surface area contributed by atoms with Gasteiger partial charge in [-0.2, -0.15) is 0 Å². The number of carbonyl (C=O) groups excluding carboxylic acids is 1. The Kier molecular flexibility index (Phi) is 6.89. The summed E-state index contributed by atoms with van der Waals surface area (Å²) in [7, 11) is 0. The molecule has 0 saturated heterocycles. The van der Waals surface area contributed by atoms with Crippen molar-refractivity contribution in [3.63, 3.8) is 0 Å². The first kappa shape index (κ1) is 22.8. The largest absolute Gasteiger partial charge is 0.487 e. The molecule has 0 radical (unpaired) electrons. The van der Waals surface area contributed by atoms with Gasteiger partial charge in [0.05, 0.1) is 18.1 Å². The average Bonchev–Trinajstić information content (AvgIpc) is 2.76. The fourth-order valence-electron chi connectivity index (χ4n) is 4.99. The highest BCUT2D eigenvalue weighted by molar-refractivity contribution is 5.86. The van der Waals surface area contributed by atoms with E-state index in [9.17, 15) is 9.59 Å². The van der Waals surface area contributed by atoms with Crippen molar-refractivity contribution in [2.75, 3.05) is 13.2 Å². The zero-order valence-corrected chi connectivity index (χ0v) is 19.6. The number of fused-ring (bicyclic) bond motifs is 2. The van der Waals surface area contributed by atoms with Crippen LogP contribution in [-0.4, -0.2) is 30.8 Å². The molecule has 0 atom stereocenters. The highest BCUT2D eigenvalue weighted by Crippen LogP contribution is 2.43. The van der Waals surface area contributed by atoms with Crippen LogP contribution in [0.1, 0.15) is 75.5 Å². The van der Waals surface area contributed by atoms with Crippen LogP contribution in [0.5, 0.6) is 5.75 Å². The van der Waals surface area contributed by atoms with Gasteiger partial charge in [-0.15, -0.1) is 0 Å². The molecule has 174 valence electrons. The molecule has 1 N–H and O–H groups in total. The lowest BCUT2D eigenvalue weighted by Gasteiger charge is -2.41. The number of rotatable bonds is 7. The summed E-state index contributed by atoms with van der Waals surface area (Å²) in [6.45, 7) is 6.99. The number of ether oxygens (including phenoxy) is 2. The first-order chi connectivity index (χ1) is 15.4. The van der Waals surface area contributed by atoms with E-state index < -0.39 is 5.63 Å². The molecule has 1 aliphatic heterocycles. The van der Waals surface area contributed by atoms with E-state index in [2.05, 4.69) is 11.4 Å². The van der Waals surface area contributed by atoms with E-state index in [0.717, 1.165) is 54.4 Å². The smallest absolute Gasteiger partial charge is 0.340 e. The van der Waals surface area contributed by atoms with Crippen LogP contribution in [0.3, 0.4) is 0 Å². The standard InChI is InChI=1S/C26H35NO5/c1-17(2)30-13-7-12-27-24(28)15-21-18(3)20-14-19-8-11-26(9-5-4-6-10-26)32-22(19)16-23(20)31-25(21)29/h14,16-17H,4-13,15H2,1-3H3,(H,27,28). The van der Waals surface area contributed by atoms with E-state index in [1.54, 1.807) is 0 Å². The molecule has 1 aromatic heterocycles. The third kappa shape index (κ3) is 5.01. The van der Waals surface area contributed by atoms with Gasteiger partial charge in [0.1, 0.15) is 16.9 Å².